The van der Waals surface area contributed by atoms with Crippen LogP contribution in [0.3, 0.4) is 0 Å². The number of thioether (sulfide) groups is 1. The van der Waals surface area contributed by atoms with E-state index in [1.807, 2.05) is 13.8 Å². The summed E-state index contributed by atoms with van der Waals surface area (Å²) < 4.78 is 13.3. The first-order valence-electron chi connectivity index (χ1n) is 5.18. The fraction of sp³-hybridized carbons (Fsp3) is 0.417. The molecule has 0 saturated carbocycles. The average molecular weight is 257 g/mol. The number of nitrogens with two attached hydrogens (primary N) is 1. The van der Waals surface area contributed by atoms with Gasteiger partial charge in [0, 0.05) is 17.0 Å². The number of carboxylic acids is 1. The number of hydrogen-bond acceptors (Lipinski definition) is 3. The molecule has 0 saturated heterocycles. The summed E-state index contributed by atoms with van der Waals surface area (Å²) in [6, 6.07) is 4.18. The Morgan fingerprint density at radius 2 is 2.18 bits per heavy atom. The van der Waals surface area contributed by atoms with Crippen LogP contribution < -0.4 is 5.73 Å². The molecule has 0 aliphatic carbocycles. The summed E-state index contributed by atoms with van der Waals surface area (Å²) in [5.41, 5.74) is 6.03. The highest BCUT2D eigenvalue weighted by Gasteiger charge is 2.12. The largest absolute Gasteiger partial charge is 0.478 e. The van der Waals surface area contributed by atoms with Crippen molar-refractivity contribution in [2.45, 2.75) is 25.1 Å². The van der Waals surface area contributed by atoms with E-state index in [0.29, 0.717) is 5.75 Å². The lowest BCUT2D eigenvalue weighted by Crippen LogP contribution is -2.34. The zero-order valence-electron chi connectivity index (χ0n) is 9.87. The fourth-order valence-electron chi connectivity index (χ4n) is 1.25. The van der Waals surface area contributed by atoms with Gasteiger partial charge in [-0.25, -0.2) is 9.18 Å². The minimum atomic E-state index is -1.25. The Hall–Kier alpha value is -1.07. The van der Waals surface area contributed by atoms with Gasteiger partial charge >= 0.3 is 5.97 Å². The minimum Gasteiger partial charge on any atom is -0.478 e. The molecular formula is C12H16FNO2S. The van der Waals surface area contributed by atoms with Gasteiger partial charge in [-0.05, 0) is 31.5 Å². The van der Waals surface area contributed by atoms with Crippen molar-refractivity contribution in [3.63, 3.8) is 0 Å². The first-order valence-corrected chi connectivity index (χ1v) is 6.33. The molecule has 0 amide bonds. The molecule has 17 heavy (non-hydrogen) atoms. The van der Waals surface area contributed by atoms with Crippen LogP contribution in [-0.2, 0) is 5.75 Å². The van der Waals surface area contributed by atoms with E-state index < -0.39 is 11.8 Å². The van der Waals surface area contributed by atoms with Crippen LogP contribution in [0.2, 0.25) is 0 Å². The van der Waals surface area contributed by atoms with Crippen molar-refractivity contribution >= 4 is 17.7 Å². The lowest BCUT2D eigenvalue weighted by molar-refractivity contribution is 0.0692. The van der Waals surface area contributed by atoms with Gasteiger partial charge in [-0.3, -0.25) is 0 Å². The molecule has 0 aliphatic rings. The van der Waals surface area contributed by atoms with Crippen molar-refractivity contribution in [3.05, 3.63) is 35.1 Å². The molecule has 1 aromatic rings. The Bertz CT molecular complexity index is 415. The van der Waals surface area contributed by atoms with E-state index >= 15 is 0 Å². The van der Waals surface area contributed by atoms with Gasteiger partial charge in [0.1, 0.15) is 5.82 Å². The molecule has 0 heterocycles. The number of carboxylic acid groups (broad SMARTS) is 1. The molecule has 3 N–H and O–H groups in total. The van der Waals surface area contributed by atoms with Crippen molar-refractivity contribution in [2.75, 3.05) is 5.75 Å². The van der Waals surface area contributed by atoms with Crippen LogP contribution in [0.1, 0.15) is 29.8 Å². The highest BCUT2D eigenvalue weighted by Crippen LogP contribution is 2.18. The molecule has 94 valence electrons. The molecule has 0 spiro atoms. The third-order valence-corrected chi connectivity index (χ3v) is 3.49. The normalized spacial score (nSPS) is 11.5. The van der Waals surface area contributed by atoms with Crippen molar-refractivity contribution < 1.29 is 14.3 Å². The molecule has 5 heteroatoms. The lowest BCUT2D eigenvalue weighted by atomic mass is 10.1. The first-order chi connectivity index (χ1) is 7.79. The van der Waals surface area contributed by atoms with E-state index in [-0.39, 0.29) is 11.1 Å². The summed E-state index contributed by atoms with van der Waals surface area (Å²) in [4.78, 5) is 10.6. The Morgan fingerprint density at radius 3 is 2.65 bits per heavy atom. The topological polar surface area (TPSA) is 63.3 Å². The predicted octanol–water partition coefficient (Wildman–Crippen LogP) is 2.49. The van der Waals surface area contributed by atoms with Crippen LogP contribution in [0.5, 0.6) is 0 Å². The first kappa shape index (κ1) is 14.0. The number of hydrogen-bond donors (Lipinski definition) is 2. The minimum absolute atomic E-state index is 0.260. The van der Waals surface area contributed by atoms with Gasteiger partial charge in [0.25, 0.3) is 0 Å². The van der Waals surface area contributed by atoms with Crippen molar-refractivity contribution in [1.29, 1.82) is 0 Å². The monoisotopic (exact) mass is 257 g/mol. The summed E-state index contributed by atoms with van der Waals surface area (Å²) in [6.07, 6.45) is 0. The summed E-state index contributed by atoms with van der Waals surface area (Å²) >= 11 is 1.60. The van der Waals surface area contributed by atoms with E-state index in [4.69, 9.17) is 10.8 Å². The third-order valence-electron chi connectivity index (χ3n) is 2.01. The molecule has 0 aromatic heterocycles. The van der Waals surface area contributed by atoms with Crippen LogP contribution in [-0.4, -0.2) is 22.4 Å². The van der Waals surface area contributed by atoms with Gasteiger partial charge in [-0.2, -0.15) is 11.8 Å². The quantitative estimate of drug-likeness (QED) is 0.850. The summed E-state index contributed by atoms with van der Waals surface area (Å²) in [5, 5.41) is 8.68. The molecule has 3 nitrogen and oxygen atoms in total. The smallest absolute Gasteiger partial charge is 0.338 e. The van der Waals surface area contributed by atoms with E-state index in [1.54, 1.807) is 17.8 Å². The second-order valence-electron chi connectivity index (χ2n) is 4.60. The second-order valence-corrected chi connectivity index (χ2v) is 5.59. The number of aromatic carboxylic acids is 1. The Kier molecular flexibility index (Phi) is 4.54. The number of benzene rings is 1. The molecule has 1 rings (SSSR count). The van der Waals surface area contributed by atoms with Crippen LogP contribution >= 0.6 is 11.8 Å². The Labute approximate surface area is 104 Å². The molecule has 0 unspecified atom stereocenters. The maximum absolute atomic E-state index is 13.3. The van der Waals surface area contributed by atoms with Gasteiger partial charge in [0.2, 0.25) is 0 Å². The van der Waals surface area contributed by atoms with Gasteiger partial charge in [0.15, 0.2) is 0 Å². The summed E-state index contributed by atoms with van der Waals surface area (Å²) in [6.45, 7) is 3.85. The van der Waals surface area contributed by atoms with Gasteiger partial charge < -0.3 is 10.8 Å². The van der Waals surface area contributed by atoms with Gasteiger partial charge in [0.05, 0.1) is 5.56 Å². The number of halogens is 1. The fourth-order valence-corrected chi connectivity index (χ4v) is 2.30. The predicted molar refractivity (Wildman–Crippen MR) is 67.8 cm³/mol. The SMILES string of the molecule is CC(C)(N)CSCc1ccc(C(=O)O)c(F)c1. The average Bonchev–Trinajstić information content (AvgIpc) is 2.15. The molecule has 0 fully saturated rings. The third kappa shape index (κ3) is 4.75. The van der Waals surface area contributed by atoms with Crippen LogP contribution in [0.25, 0.3) is 0 Å². The maximum Gasteiger partial charge on any atom is 0.338 e. The second kappa shape index (κ2) is 5.51. The van der Waals surface area contributed by atoms with Crippen molar-refractivity contribution in [1.82, 2.24) is 0 Å². The van der Waals surface area contributed by atoms with Gasteiger partial charge in [-0.1, -0.05) is 6.07 Å². The Balaban J connectivity index is 2.62. The molecule has 0 radical (unpaired) electrons. The molecule has 0 atom stereocenters. The highest BCUT2D eigenvalue weighted by molar-refractivity contribution is 7.98. The summed E-state index contributed by atoms with van der Waals surface area (Å²) in [5.74, 6) is -0.556. The highest BCUT2D eigenvalue weighted by atomic mass is 32.2. The van der Waals surface area contributed by atoms with Crippen LogP contribution in [0.15, 0.2) is 18.2 Å². The summed E-state index contributed by atoms with van der Waals surface area (Å²) in [7, 11) is 0. The molecule has 0 bridgehead atoms. The lowest BCUT2D eigenvalue weighted by Gasteiger charge is -2.17. The zero-order chi connectivity index (χ0) is 13.1. The van der Waals surface area contributed by atoms with Gasteiger partial charge in [-0.15, -0.1) is 0 Å². The van der Waals surface area contributed by atoms with E-state index in [0.717, 1.165) is 11.3 Å². The van der Waals surface area contributed by atoms with Crippen LogP contribution in [0, 0.1) is 5.82 Å². The van der Waals surface area contributed by atoms with E-state index in [2.05, 4.69) is 0 Å². The number of carbonyl (C=O) groups is 1. The van der Waals surface area contributed by atoms with Crippen molar-refractivity contribution in [2.24, 2.45) is 5.73 Å². The zero-order valence-corrected chi connectivity index (χ0v) is 10.7. The molecule has 1 aromatic carbocycles. The molecular weight excluding hydrogens is 241 g/mol. The van der Waals surface area contributed by atoms with E-state index in [9.17, 15) is 9.18 Å². The maximum atomic E-state index is 13.3. The van der Waals surface area contributed by atoms with Crippen LogP contribution in [0.4, 0.5) is 4.39 Å². The standard InChI is InChI=1S/C12H16FNO2S/c1-12(2,14)7-17-6-8-3-4-9(11(15)16)10(13)5-8/h3-5H,6-7,14H2,1-2H3,(H,15,16). The Morgan fingerprint density at radius 1 is 1.53 bits per heavy atom. The van der Waals surface area contributed by atoms with E-state index in [1.165, 1.54) is 12.1 Å². The molecule has 0 aliphatic heterocycles. The number of rotatable bonds is 5. The van der Waals surface area contributed by atoms with Crippen molar-refractivity contribution in [3.8, 4) is 0 Å².